The van der Waals surface area contributed by atoms with Gasteiger partial charge >= 0.3 is 0 Å². The van der Waals surface area contributed by atoms with Crippen LogP contribution in [-0.4, -0.2) is 43.3 Å². The summed E-state index contributed by atoms with van der Waals surface area (Å²) in [6.07, 6.45) is 6.92. The first-order valence-electron chi connectivity index (χ1n) is 13.1. The van der Waals surface area contributed by atoms with Crippen molar-refractivity contribution in [2.75, 3.05) is 26.7 Å². The summed E-state index contributed by atoms with van der Waals surface area (Å²) in [6, 6.07) is 17.3. The van der Waals surface area contributed by atoms with E-state index in [4.69, 9.17) is 5.26 Å². The van der Waals surface area contributed by atoms with Crippen molar-refractivity contribution < 1.29 is 0 Å². The lowest BCUT2D eigenvalue weighted by Gasteiger charge is -2.35. The van der Waals surface area contributed by atoms with Crippen molar-refractivity contribution in [3.8, 4) is 6.07 Å². The maximum absolute atomic E-state index is 9.06. The van der Waals surface area contributed by atoms with Gasteiger partial charge in [-0.05, 0) is 84.7 Å². The summed E-state index contributed by atoms with van der Waals surface area (Å²) < 4.78 is 0. The zero-order valence-electron chi connectivity index (χ0n) is 21.7. The van der Waals surface area contributed by atoms with Gasteiger partial charge in [0.15, 0.2) is 0 Å². The highest BCUT2D eigenvalue weighted by molar-refractivity contribution is 5.63. The lowest BCUT2D eigenvalue weighted by atomic mass is 9.77. The van der Waals surface area contributed by atoms with Gasteiger partial charge in [0.25, 0.3) is 0 Å². The molecule has 1 aliphatic heterocycles. The number of likely N-dealkylation sites (tertiary alicyclic amines) is 1. The van der Waals surface area contributed by atoms with Crippen molar-refractivity contribution in [1.82, 2.24) is 15.3 Å². The molecule has 36 heavy (non-hydrogen) atoms. The molecule has 1 aliphatic carbocycles. The molecule has 0 aromatic heterocycles. The molecule has 5 heteroatoms. The van der Waals surface area contributed by atoms with E-state index in [1.807, 2.05) is 12.1 Å². The van der Waals surface area contributed by atoms with Crippen LogP contribution in [0.1, 0.15) is 78.2 Å². The molecule has 5 nitrogen and oxygen atoms in total. The van der Waals surface area contributed by atoms with Crippen LogP contribution in [0, 0.1) is 11.3 Å². The van der Waals surface area contributed by atoms with E-state index in [9.17, 15) is 0 Å². The standard InChI is InChI=1S/C31H39N5/c1-23(33-3)14-17-35(4)34-22-30-20-29(12-13-31(30)28-6-5-7-28)24(2)36-18-15-27(16-19-36)26-10-8-25(21-32)9-11-26/h8-13,20,27-28,34H,1-3,5-7,14-19,22H2,4H3. The van der Waals surface area contributed by atoms with Crippen LogP contribution in [0.3, 0.4) is 0 Å². The van der Waals surface area contributed by atoms with E-state index >= 15 is 0 Å². The van der Waals surface area contributed by atoms with E-state index < -0.39 is 0 Å². The molecule has 0 bridgehead atoms. The second-order valence-corrected chi connectivity index (χ2v) is 10.2. The fourth-order valence-electron chi connectivity index (χ4n) is 5.23. The maximum Gasteiger partial charge on any atom is 0.0991 e. The number of hydrazine groups is 1. The highest BCUT2D eigenvalue weighted by Gasteiger charge is 2.25. The smallest absolute Gasteiger partial charge is 0.0991 e. The fraction of sp³-hybridized carbons (Fsp3) is 0.419. The molecule has 2 fully saturated rings. The van der Waals surface area contributed by atoms with Crippen molar-refractivity contribution in [3.05, 3.63) is 89.1 Å². The first kappa shape index (κ1) is 25.9. The Morgan fingerprint density at radius 3 is 2.42 bits per heavy atom. The zero-order chi connectivity index (χ0) is 25.5. The van der Waals surface area contributed by atoms with Gasteiger partial charge in [-0.15, -0.1) is 0 Å². The van der Waals surface area contributed by atoms with E-state index in [1.165, 1.54) is 41.5 Å². The minimum absolute atomic E-state index is 0.547. The zero-order valence-corrected chi connectivity index (χ0v) is 21.7. The molecule has 2 aromatic rings. The first-order chi connectivity index (χ1) is 17.5. The van der Waals surface area contributed by atoms with Gasteiger partial charge in [0.05, 0.1) is 11.6 Å². The maximum atomic E-state index is 9.06. The second kappa shape index (κ2) is 12.2. The van der Waals surface area contributed by atoms with E-state index in [0.29, 0.717) is 11.8 Å². The Morgan fingerprint density at radius 2 is 1.81 bits per heavy atom. The number of aliphatic imine (C=N–C) groups is 1. The Balaban J connectivity index is 1.39. The van der Waals surface area contributed by atoms with Gasteiger partial charge in [-0.3, -0.25) is 10.4 Å². The molecule has 0 unspecified atom stereocenters. The molecule has 4 rings (SSSR count). The van der Waals surface area contributed by atoms with Gasteiger partial charge in [-0.1, -0.05) is 43.8 Å². The van der Waals surface area contributed by atoms with Crippen molar-refractivity contribution in [2.24, 2.45) is 4.99 Å². The minimum Gasteiger partial charge on any atom is -0.371 e. The summed E-state index contributed by atoms with van der Waals surface area (Å²) in [7, 11) is 2.07. The van der Waals surface area contributed by atoms with Crippen LogP contribution in [0.25, 0.3) is 5.70 Å². The Hall–Kier alpha value is -3.20. The van der Waals surface area contributed by atoms with E-state index in [1.54, 1.807) is 0 Å². The van der Waals surface area contributed by atoms with Gasteiger partial charge in [-0.2, -0.15) is 5.26 Å². The number of hydrogen-bond donors (Lipinski definition) is 1. The lowest BCUT2D eigenvalue weighted by Crippen LogP contribution is -2.35. The van der Waals surface area contributed by atoms with Crippen LogP contribution in [0.4, 0.5) is 0 Å². The summed E-state index contributed by atoms with van der Waals surface area (Å²) in [4.78, 5) is 6.35. The van der Waals surface area contributed by atoms with Crippen molar-refractivity contribution in [3.63, 3.8) is 0 Å². The SMILES string of the molecule is C=NC(=C)CCN(C)NCc1cc(C(=C)N2CCC(c3ccc(C#N)cc3)CC2)ccc1C1CCC1. The normalized spacial score (nSPS) is 16.4. The third-order valence-corrected chi connectivity index (χ3v) is 7.91. The molecule has 188 valence electrons. The summed E-state index contributed by atoms with van der Waals surface area (Å²) in [5, 5.41) is 11.2. The molecule has 1 N–H and O–H groups in total. The molecular weight excluding hydrogens is 442 g/mol. The Kier molecular flexibility index (Phi) is 8.74. The fourth-order valence-corrected chi connectivity index (χ4v) is 5.23. The molecule has 1 heterocycles. The van der Waals surface area contributed by atoms with Gasteiger partial charge in [-0.25, -0.2) is 5.01 Å². The van der Waals surface area contributed by atoms with Crippen LogP contribution < -0.4 is 5.43 Å². The molecule has 2 aromatic carbocycles. The monoisotopic (exact) mass is 481 g/mol. The number of nitriles is 1. The number of benzene rings is 2. The molecule has 0 spiro atoms. The van der Waals surface area contributed by atoms with Crippen molar-refractivity contribution in [1.29, 1.82) is 5.26 Å². The number of nitrogens with one attached hydrogen (secondary N) is 1. The van der Waals surface area contributed by atoms with Crippen LogP contribution in [0.5, 0.6) is 0 Å². The number of piperidine rings is 1. The van der Waals surface area contributed by atoms with Crippen LogP contribution in [0.15, 0.2) is 66.3 Å². The third-order valence-electron chi connectivity index (χ3n) is 7.91. The van der Waals surface area contributed by atoms with Gasteiger partial charge in [0, 0.05) is 51.0 Å². The average Bonchev–Trinajstić information content (AvgIpc) is 2.89. The Morgan fingerprint density at radius 1 is 1.08 bits per heavy atom. The molecule has 0 atom stereocenters. The predicted octanol–water partition coefficient (Wildman–Crippen LogP) is 6.22. The van der Waals surface area contributed by atoms with Crippen molar-refractivity contribution >= 4 is 12.4 Å². The number of nitrogens with zero attached hydrogens (tertiary/aromatic N) is 4. The summed E-state index contributed by atoms with van der Waals surface area (Å²) in [6.45, 7) is 15.6. The Bertz CT molecular complexity index is 1110. The number of hydrogen-bond acceptors (Lipinski definition) is 5. The Labute approximate surface area is 216 Å². The largest absolute Gasteiger partial charge is 0.371 e. The van der Waals surface area contributed by atoms with Gasteiger partial charge in [0.2, 0.25) is 0 Å². The average molecular weight is 482 g/mol. The molecule has 0 radical (unpaired) electrons. The van der Waals surface area contributed by atoms with Crippen LogP contribution >= 0.6 is 0 Å². The minimum atomic E-state index is 0.547. The molecule has 2 aliphatic rings. The lowest BCUT2D eigenvalue weighted by molar-refractivity contribution is 0.233. The van der Waals surface area contributed by atoms with Gasteiger partial charge < -0.3 is 4.90 Å². The van der Waals surface area contributed by atoms with E-state index in [2.05, 4.69) is 83.7 Å². The predicted molar refractivity (Wildman–Crippen MR) is 150 cm³/mol. The van der Waals surface area contributed by atoms with E-state index in [0.717, 1.165) is 62.4 Å². The molecule has 1 saturated heterocycles. The first-order valence-corrected chi connectivity index (χ1v) is 13.1. The molecular formula is C31H39N5. The number of rotatable bonds is 11. The third kappa shape index (κ3) is 6.32. The van der Waals surface area contributed by atoms with Crippen LogP contribution in [-0.2, 0) is 6.54 Å². The van der Waals surface area contributed by atoms with E-state index in [-0.39, 0.29) is 0 Å². The quantitative estimate of drug-likeness (QED) is 0.306. The van der Waals surface area contributed by atoms with Crippen LogP contribution in [0.2, 0.25) is 0 Å². The van der Waals surface area contributed by atoms with Crippen molar-refractivity contribution in [2.45, 2.75) is 56.9 Å². The molecule has 0 amide bonds. The molecule has 1 saturated carbocycles. The van der Waals surface area contributed by atoms with Gasteiger partial charge in [0.1, 0.15) is 0 Å². The summed E-state index contributed by atoms with van der Waals surface area (Å²) in [5.74, 6) is 1.23. The highest BCUT2D eigenvalue weighted by Crippen LogP contribution is 2.39. The topological polar surface area (TPSA) is 54.7 Å². The summed E-state index contributed by atoms with van der Waals surface area (Å²) >= 11 is 0. The second-order valence-electron chi connectivity index (χ2n) is 10.2. The summed E-state index contributed by atoms with van der Waals surface area (Å²) in [5.41, 5.74) is 11.7. The highest BCUT2D eigenvalue weighted by atomic mass is 15.5.